The first-order valence-corrected chi connectivity index (χ1v) is 12.2. The SMILES string of the molecule is Cc1cccc(COc2ccc(C(O)=C3C(=O)C(=O)N(c4nnc(C)s4)[C@H]3c3ccccc3)cc2)c1. The van der Waals surface area contributed by atoms with Crippen LogP contribution in [0, 0.1) is 13.8 Å². The van der Waals surface area contributed by atoms with Gasteiger partial charge in [-0.3, -0.25) is 14.5 Å². The lowest BCUT2D eigenvalue weighted by molar-refractivity contribution is -0.132. The van der Waals surface area contributed by atoms with Crippen LogP contribution < -0.4 is 9.64 Å². The van der Waals surface area contributed by atoms with Crippen LogP contribution in [0.1, 0.15) is 33.3 Å². The van der Waals surface area contributed by atoms with E-state index in [0.717, 1.165) is 11.1 Å². The summed E-state index contributed by atoms with van der Waals surface area (Å²) in [7, 11) is 0. The van der Waals surface area contributed by atoms with Crippen LogP contribution in [0.4, 0.5) is 5.13 Å². The summed E-state index contributed by atoms with van der Waals surface area (Å²) >= 11 is 1.22. The second kappa shape index (κ2) is 9.75. The maximum Gasteiger partial charge on any atom is 0.301 e. The Kier molecular flexibility index (Phi) is 6.35. The summed E-state index contributed by atoms with van der Waals surface area (Å²) in [5.74, 6) is -1.15. The normalized spacial score (nSPS) is 16.9. The highest BCUT2D eigenvalue weighted by Crippen LogP contribution is 2.42. The van der Waals surface area contributed by atoms with E-state index in [1.165, 1.54) is 16.2 Å². The van der Waals surface area contributed by atoms with Gasteiger partial charge in [-0.25, -0.2) is 0 Å². The van der Waals surface area contributed by atoms with Gasteiger partial charge in [0.05, 0.1) is 11.6 Å². The lowest BCUT2D eigenvalue weighted by Crippen LogP contribution is -2.29. The van der Waals surface area contributed by atoms with E-state index in [9.17, 15) is 14.7 Å². The van der Waals surface area contributed by atoms with E-state index in [2.05, 4.69) is 16.3 Å². The number of hydrogen-bond acceptors (Lipinski definition) is 7. The molecule has 1 fully saturated rings. The molecule has 4 aromatic rings. The molecule has 1 atom stereocenters. The molecule has 5 rings (SSSR count). The van der Waals surface area contributed by atoms with E-state index in [1.807, 2.05) is 55.5 Å². The van der Waals surface area contributed by atoms with Crippen molar-refractivity contribution in [1.82, 2.24) is 10.2 Å². The minimum Gasteiger partial charge on any atom is -0.507 e. The molecule has 1 aliphatic heterocycles. The summed E-state index contributed by atoms with van der Waals surface area (Å²) in [6, 6.07) is 23.2. The number of benzene rings is 3. The van der Waals surface area contributed by atoms with Crippen molar-refractivity contribution in [2.75, 3.05) is 4.90 Å². The fourth-order valence-electron chi connectivity index (χ4n) is 4.20. The Morgan fingerprint density at radius 2 is 1.72 bits per heavy atom. The molecule has 0 saturated carbocycles. The van der Waals surface area contributed by atoms with Gasteiger partial charge in [-0.2, -0.15) is 0 Å². The molecule has 3 aromatic carbocycles. The van der Waals surface area contributed by atoms with Crippen molar-refractivity contribution >= 4 is 33.9 Å². The van der Waals surface area contributed by atoms with E-state index in [0.29, 0.717) is 33.6 Å². The van der Waals surface area contributed by atoms with Crippen LogP contribution in [0.25, 0.3) is 5.76 Å². The first kappa shape index (κ1) is 23.4. The Morgan fingerprint density at radius 1 is 0.972 bits per heavy atom. The van der Waals surface area contributed by atoms with Crippen molar-refractivity contribution in [3.63, 3.8) is 0 Å². The maximum absolute atomic E-state index is 13.2. The molecule has 8 heteroatoms. The molecule has 1 aromatic heterocycles. The van der Waals surface area contributed by atoms with Gasteiger partial charge in [-0.1, -0.05) is 71.5 Å². The monoisotopic (exact) mass is 497 g/mol. The third-order valence-corrected chi connectivity index (χ3v) is 6.73. The smallest absolute Gasteiger partial charge is 0.301 e. The number of ether oxygens (including phenoxy) is 1. The number of amides is 1. The molecule has 0 unspecified atom stereocenters. The Labute approximate surface area is 212 Å². The highest BCUT2D eigenvalue weighted by Gasteiger charge is 2.48. The van der Waals surface area contributed by atoms with Crippen molar-refractivity contribution in [1.29, 1.82) is 0 Å². The van der Waals surface area contributed by atoms with E-state index in [4.69, 9.17) is 4.74 Å². The summed E-state index contributed by atoms with van der Waals surface area (Å²) in [6.45, 7) is 4.21. The molecule has 7 nitrogen and oxygen atoms in total. The van der Waals surface area contributed by atoms with Gasteiger partial charge in [0.1, 0.15) is 23.1 Å². The van der Waals surface area contributed by atoms with Crippen molar-refractivity contribution in [2.45, 2.75) is 26.5 Å². The Balaban J connectivity index is 1.48. The van der Waals surface area contributed by atoms with E-state index >= 15 is 0 Å². The van der Waals surface area contributed by atoms with Gasteiger partial charge in [0.15, 0.2) is 0 Å². The number of nitrogens with zero attached hydrogens (tertiary/aromatic N) is 3. The standard InChI is InChI=1S/C28H23N3O4S/c1-17-7-6-8-19(15-17)16-35-22-13-11-21(12-14-22)25(32)23-24(20-9-4-3-5-10-20)31(27(34)26(23)33)28-30-29-18(2)36-28/h3-15,24,32H,16H2,1-2H3/t24-/m0/s1. The summed E-state index contributed by atoms with van der Waals surface area (Å²) in [5, 5.41) is 20.3. The van der Waals surface area contributed by atoms with Gasteiger partial charge in [0, 0.05) is 5.56 Å². The number of aromatic nitrogens is 2. The highest BCUT2D eigenvalue weighted by molar-refractivity contribution is 7.15. The average Bonchev–Trinajstić information content (AvgIpc) is 3.43. The van der Waals surface area contributed by atoms with Crippen LogP contribution in [0.5, 0.6) is 5.75 Å². The van der Waals surface area contributed by atoms with Gasteiger partial charge >= 0.3 is 5.91 Å². The quantitative estimate of drug-likeness (QED) is 0.219. The fourth-order valence-corrected chi connectivity index (χ4v) is 4.91. The van der Waals surface area contributed by atoms with Crippen LogP contribution in [0.15, 0.2) is 84.4 Å². The van der Waals surface area contributed by atoms with Crippen molar-refractivity contribution in [3.05, 3.63) is 112 Å². The topological polar surface area (TPSA) is 92.6 Å². The van der Waals surface area contributed by atoms with E-state index in [1.54, 1.807) is 31.2 Å². The number of anilines is 1. The molecule has 0 bridgehead atoms. The summed E-state index contributed by atoms with van der Waals surface area (Å²) < 4.78 is 5.87. The van der Waals surface area contributed by atoms with Crippen LogP contribution in [0.2, 0.25) is 0 Å². The molecule has 0 spiro atoms. The molecule has 1 amide bonds. The Bertz CT molecular complexity index is 1460. The summed E-state index contributed by atoms with van der Waals surface area (Å²) in [6.07, 6.45) is 0. The third kappa shape index (κ3) is 4.50. The number of aliphatic hydroxyl groups excluding tert-OH is 1. The highest BCUT2D eigenvalue weighted by atomic mass is 32.1. The molecule has 1 N–H and O–H groups in total. The molecule has 0 aliphatic carbocycles. The summed E-state index contributed by atoms with van der Waals surface area (Å²) in [4.78, 5) is 27.6. The second-order valence-electron chi connectivity index (χ2n) is 8.49. The zero-order chi connectivity index (χ0) is 25.2. The van der Waals surface area contributed by atoms with Gasteiger partial charge < -0.3 is 9.84 Å². The van der Waals surface area contributed by atoms with Crippen LogP contribution in [-0.4, -0.2) is 27.0 Å². The van der Waals surface area contributed by atoms with Gasteiger partial charge in [-0.15, -0.1) is 10.2 Å². The fraction of sp³-hybridized carbons (Fsp3) is 0.143. The maximum atomic E-state index is 13.2. The third-order valence-electron chi connectivity index (χ3n) is 5.90. The first-order chi connectivity index (χ1) is 17.4. The number of Topliss-reactive ketones (excluding diaryl/α,β-unsaturated/α-hetero) is 1. The van der Waals surface area contributed by atoms with Gasteiger partial charge in [0.2, 0.25) is 5.13 Å². The molecule has 2 heterocycles. The van der Waals surface area contributed by atoms with Gasteiger partial charge in [-0.05, 0) is 49.2 Å². The first-order valence-electron chi connectivity index (χ1n) is 11.4. The van der Waals surface area contributed by atoms with Crippen LogP contribution in [0.3, 0.4) is 0 Å². The molecule has 1 saturated heterocycles. The number of carbonyl (C=O) groups is 2. The molecular formula is C28H23N3O4S. The lowest BCUT2D eigenvalue weighted by Gasteiger charge is -2.22. The second-order valence-corrected chi connectivity index (χ2v) is 9.65. The zero-order valence-electron chi connectivity index (χ0n) is 19.7. The van der Waals surface area contributed by atoms with E-state index in [-0.39, 0.29) is 11.3 Å². The molecular weight excluding hydrogens is 474 g/mol. The Morgan fingerprint density at radius 3 is 2.39 bits per heavy atom. The minimum absolute atomic E-state index is 0.00693. The number of carbonyl (C=O) groups excluding carboxylic acids is 2. The molecule has 36 heavy (non-hydrogen) atoms. The van der Waals surface area contributed by atoms with Crippen molar-refractivity contribution in [2.24, 2.45) is 0 Å². The zero-order valence-corrected chi connectivity index (χ0v) is 20.5. The van der Waals surface area contributed by atoms with Crippen molar-refractivity contribution in [3.8, 4) is 5.75 Å². The van der Waals surface area contributed by atoms with Crippen molar-refractivity contribution < 1.29 is 19.4 Å². The largest absolute Gasteiger partial charge is 0.507 e. The number of rotatable bonds is 6. The molecule has 0 radical (unpaired) electrons. The number of ketones is 1. The number of aryl methyl sites for hydroxylation is 2. The van der Waals surface area contributed by atoms with Crippen LogP contribution >= 0.6 is 11.3 Å². The number of aliphatic hydroxyl groups is 1. The molecule has 180 valence electrons. The molecule has 1 aliphatic rings. The minimum atomic E-state index is -0.823. The lowest BCUT2D eigenvalue weighted by atomic mass is 9.95. The Hall–Kier alpha value is -4.30. The number of hydrogen-bond donors (Lipinski definition) is 1. The van der Waals surface area contributed by atoms with Gasteiger partial charge in [0.25, 0.3) is 5.78 Å². The predicted octanol–water partition coefficient (Wildman–Crippen LogP) is 5.36. The summed E-state index contributed by atoms with van der Waals surface area (Å²) in [5.41, 5.74) is 3.31. The predicted molar refractivity (Wildman–Crippen MR) is 138 cm³/mol. The van der Waals surface area contributed by atoms with E-state index < -0.39 is 17.7 Å². The van der Waals surface area contributed by atoms with Crippen LogP contribution in [-0.2, 0) is 16.2 Å². The average molecular weight is 498 g/mol.